The summed E-state index contributed by atoms with van der Waals surface area (Å²) in [5.74, 6) is -0.0128. The maximum absolute atomic E-state index is 12.7. The van der Waals surface area contributed by atoms with Gasteiger partial charge in [-0.3, -0.25) is 9.59 Å². The third-order valence-corrected chi connectivity index (χ3v) is 4.21. The summed E-state index contributed by atoms with van der Waals surface area (Å²) < 4.78 is 7.73. The maximum Gasteiger partial charge on any atom is 0.270 e. The molecule has 0 N–H and O–H groups in total. The van der Waals surface area contributed by atoms with Crippen molar-refractivity contribution in [3.8, 4) is 0 Å². The zero-order valence-electron chi connectivity index (χ0n) is 13.2. The number of halogens is 1. The lowest BCUT2D eigenvalue weighted by Crippen LogP contribution is -2.51. The molecule has 1 aromatic rings. The van der Waals surface area contributed by atoms with Crippen LogP contribution in [0.5, 0.6) is 0 Å². The summed E-state index contributed by atoms with van der Waals surface area (Å²) >= 11 is 3.43. The fourth-order valence-corrected chi connectivity index (χ4v) is 3.02. The van der Waals surface area contributed by atoms with Crippen LogP contribution in [0.2, 0.25) is 0 Å². The number of nitrogens with zero attached hydrogens (tertiary/aromatic N) is 3. The van der Waals surface area contributed by atoms with E-state index in [0.29, 0.717) is 31.9 Å². The highest BCUT2D eigenvalue weighted by Crippen LogP contribution is 2.21. The van der Waals surface area contributed by atoms with Crippen molar-refractivity contribution in [3.05, 3.63) is 22.4 Å². The molecule has 1 aliphatic heterocycles. The van der Waals surface area contributed by atoms with Crippen LogP contribution in [0.4, 0.5) is 0 Å². The molecule has 0 aliphatic carbocycles. The highest BCUT2D eigenvalue weighted by atomic mass is 79.9. The molecular weight excluding hydrogens is 350 g/mol. The van der Waals surface area contributed by atoms with Crippen LogP contribution in [-0.4, -0.2) is 66.1 Å². The van der Waals surface area contributed by atoms with E-state index in [2.05, 4.69) is 15.9 Å². The highest BCUT2D eigenvalue weighted by molar-refractivity contribution is 9.10. The van der Waals surface area contributed by atoms with Crippen molar-refractivity contribution in [3.63, 3.8) is 0 Å². The van der Waals surface area contributed by atoms with Crippen molar-refractivity contribution in [2.75, 3.05) is 39.9 Å². The number of ether oxygens (including phenoxy) is 1. The summed E-state index contributed by atoms with van der Waals surface area (Å²) in [5, 5.41) is 0. The smallest absolute Gasteiger partial charge is 0.270 e. The molecule has 0 atom stereocenters. The predicted octanol–water partition coefficient (Wildman–Crippen LogP) is 1.76. The van der Waals surface area contributed by atoms with Gasteiger partial charge in [0.15, 0.2) is 0 Å². The standard InChI is InChI=1S/C15H22BrN3O3/c1-11(2)19-9-12(16)8-13(19)15(21)18-6-4-17(5-7-18)14(20)10-22-3/h8-9,11H,4-7,10H2,1-3H3. The fraction of sp³-hybridized carbons (Fsp3) is 0.600. The van der Waals surface area contributed by atoms with Gasteiger partial charge >= 0.3 is 0 Å². The van der Waals surface area contributed by atoms with Crippen LogP contribution in [0.15, 0.2) is 16.7 Å². The van der Waals surface area contributed by atoms with Crippen LogP contribution in [-0.2, 0) is 9.53 Å². The lowest BCUT2D eigenvalue weighted by atomic mass is 10.2. The quantitative estimate of drug-likeness (QED) is 0.810. The zero-order valence-corrected chi connectivity index (χ0v) is 14.8. The molecule has 1 saturated heterocycles. The minimum atomic E-state index is -0.0251. The Morgan fingerprint density at radius 3 is 2.36 bits per heavy atom. The summed E-state index contributed by atoms with van der Waals surface area (Å²) in [5.41, 5.74) is 0.679. The minimum Gasteiger partial charge on any atom is -0.375 e. The molecule has 2 heterocycles. The molecule has 22 heavy (non-hydrogen) atoms. The summed E-state index contributed by atoms with van der Waals surface area (Å²) in [6.45, 7) is 6.39. The van der Waals surface area contributed by atoms with E-state index < -0.39 is 0 Å². The van der Waals surface area contributed by atoms with E-state index in [4.69, 9.17) is 4.74 Å². The van der Waals surface area contributed by atoms with Crippen molar-refractivity contribution >= 4 is 27.7 Å². The fourth-order valence-electron chi connectivity index (χ4n) is 2.58. The van der Waals surface area contributed by atoms with Crippen LogP contribution >= 0.6 is 15.9 Å². The van der Waals surface area contributed by atoms with Crippen molar-refractivity contribution in [2.24, 2.45) is 0 Å². The number of rotatable bonds is 4. The number of aromatic nitrogens is 1. The van der Waals surface area contributed by atoms with Crippen molar-refractivity contribution in [1.82, 2.24) is 14.4 Å². The second-order valence-electron chi connectivity index (χ2n) is 5.65. The van der Waals surface area contributed by atoms with Gasteiger partial charge in [-0.25, -0.2) is 0 Å². The normalized spacial score (nSPS) is 15.5. The van der Waals surface area contributed by atoms with E-state index in [9.17, 15) is 9.59 Å². The van der Waals surface area contributed by atoms with Crippen molar-refractivity contribution in [1.29, 1.82) is 0 Å². The predicted molar refractivity (Wildman–Crippen MR) is 86.9 cm³/mol. The molecule has 2 amide bonds. The zero-order chi connectivity index (χ0) is 16.3. The molecule has 0 saturated carbocycles. The number of hydrogen-bond acceptors (Lipinski definition) is 3. The number of carbonyl (C=O) groups is 2. The molecule has 0 spiro atoms. The molecule has 0 aromatic carbocycles. The van der Waals surface area contributed by atoms with Crippen molar-refractivity contribution in [2.45, 2.75) is 19.9 Å². The second-order valence-corrected chi connectivity index (χ2v) is 6.57. The Morgan fingerprint density at radius 2 is 1.82 bits per heavy atom. The van der Waals surface area contributed by atoms with E-state index in [0.717, 1.165) is 4.47 Å². The van der Waals surface area contributed by atoms with Crippen LogP contribution in [0.25, 0.3) is 0 Å². The lowest BCUT2D eigenvalue weighted by Gasteiger charge is -2.35. The molecule has 2 rings (SSSR count). The largest absolute Gasteiger partial charge is 0.375 e. The van der Waals surface area contributed by atoms with Gasteiger partial charge < -0.3 is 19.1 Å². The number of carbonyl (C=O) groups excluding carboxylic acids is 2. The van der Waals surface area contributed by atoms with Crippen LogP contribution < -0.4 is 0 Å². The van der Waals surface area contributed by atoms with E-state index in [1.165, 1.54) is 7.11 Å². The van der Waals surface area contributed by atoms with Gasteiger partial charge in [-0.1, -0.05) is 0 Å². The number of piperazine rings is 1. The Labute approximate surface area is 139 Å². The first-order chi connectivity index (χ1) is 10.4. The Balaban J connectivity index is 2.02. The average Bonchev–Trinajstić information content (AvgIpc) is 2.89. The molecule has 122 valence electrons. The first kappa shape index (κ1) is 17.0. The number of hydrogen-bond donors (Lipinski definition) is 0. The van der Waals surface area contributed by atoms with Gasteiger partial charge in [0.1, 0.15) is 12.3 Å². The summed E-state index contributed by atoms with van der Waals surface area (Å²) in [7, 11) is 1.51. The van der Waals surface area contributed by atoms with Crippen LogP contribution in [0.1, 0.15) is 30.4 Å². The molecule has 0 unspecified atom stereocenters. The molecule has 1 aromatic heterocycles. The van der Waals surface area contributed by atoms with Gasteiger partial charge in [-0.05, 0) is 35.8 Å². The summed E-state index contributed by atoms with van der Waals surface area (Å²) in [6, 6.07) is 2.07. The van der Waals surface area contributed by atoms with E-state index in [1.807, 2.05) is 30.7 Å². The monoisotopic (exact) mass is 371 g/mol. The Bertz CT molecular complexity index is 548. The number of amides is 2. The summed E-state index contributed by atoms with van der Waals surface area (Å²) in [4.78, 5) is 28.0. The topological polar surface area (TPSA) is 54.8 Å². The highest BCUT2D eigenvalue weighted by Gasteiger charge is 2.26. The average molecular weight is 372 g/mol. The Morgan fingerprint density at radius 1 is 1.23 bits per heavy atom. The Hall–Kier alpha value is -1.34. The molecule has 6 nitrogen and oxygen atoms in total. The van der Waals surface area contributed by atoms with Gasteiger partial charge in [-0.15, -0.1) is 0 Å². The Kier molecular flexibility index (Phi) is 5.63. The third-order valence-electron chi connectivity index (χ3n) is 3.78. The van der Waals surface area contributed by atoms with E-state index >= 15 is 0 Å². The second kappa shape index (κ2) is 7.28. The molecule has 0 bridgehead atoms. The lowest BCUT2D eigenvalue weighted by molar-refractivity contribution is -0.136. The third kappa shape index (κ3) is 3.70. The van der Waals surface area contributed by atoms with Crippen molar-refractivity contribution < 1.29 is 14.3 Å². The first-order valence-corrected chi connectivity index (χ1v) is 8.16. The van der Waals surface area contributed by atoms with Gasteiger partial charge in [0.25, 0.3) is 5.91 Å². The van der Waals surface area contributed by atoms with Gasteiger partial charge in [0.2, 0.25) is 5.91 Å². The van der Waals surface area contributed by atoms with Crippen LogP contribution in [0.3, 0.4) is 0 Å². The maximum atomic E-state index is 12.7. The first-order valence-electron chi connectivity index (χ1n) is 7.37. The van der Waals surface area contributed by atoms with Gasteiger partial charge in [0.05, 0.1) is 0 Å². The molecular formula is C15H22BrN3O3. The van der Waals surface area contributed by atoms with Gasteiger partial charge in [0, 0.05) is 50.0 Å². The van der Waals surface area contributed by atoms with E-state index in [1.54, 1.807) is 9.80 Å². The molecule has 0 radical (unpaired) electrons. The van der Waals surface area contributed by atoms with Crippen LogP contribution in [0, 0.1) is 0 Å². The van der Waals surface area contributed by atoms with E-state index in [-0.39, 0.29) is 24.5 Å². The SMILES string of the molecule is COCC(=O)N1CCN(C(=O)c2cc(Br)cn2C(C)C)CC1. The van der Waals surface area contributed by atoms with Gasteiger partial charge in [-0.2, -0.15) is 0 Å². The molecule has 7 heteroatoms. The number of methoxy groups -OCH3 is 1. The molecule has 1 fully saturated rings. The molecule has 1 aliphatic rings. The minimum absolute atomic E-state index is 0.0123. The summed E-state index contributed by atoms with van der Waals surface area (Å²) in [6.07, 6.45) is 1.93.